The SMILES string of the molecule is CSc1cc(-c2cnc3ccccn23)cc(OC[C@]2(N)CCC[C@H](C(F)(F)F)C2)c1C#N. The molecule has 2 heterocycles. The van der Waals surface area contributed by atoms with Crippen LogP contribution in [0.3, 0.4) is 0 Å². The molecule has 0 saturated heterocycles. The van der Waals surface area contributed by atoms with Crippen LogP contribution in [0.1, 0.15) is 31.2 Å². The number of hydrogen-bond acceptors (Lipinski definition) is 5. The highest BCUT2D eigenvalue weighted by Gasteiger charge is 2.46. The van der Waals surface area contributed by atoms with Crippen molar-refractivity contribution in [2.45, 2.75) is 42.3 Å². The average molecular weight is 461 g/mol. The number of nitriles is 1. The van der Waals surface area contributed by atoms with Crippen LogP contribution in [0.25, 0.3) is 16.9 Å². The Morgan fingerprint density at radius 3 is 2.91 bits per heavy atom. The summed E-state index contributed by atoms with van der Waals surface area (Å²) < 4.78 is 47.7. The van der Waals surface area contributed by atoms with E-state index in [1.807, 2.05) is 41.1 Å². The lowest BCUT2D eigenvalue weighted by Crippen LogP contribution is -2.51. The van der Waals surface area contributed by atoms with Crippen molar-refractivity contribution in [3.63, 3.8) is 0 Å². The van der Waals surface area contributed by atoms with Crippen molar-refractivity contribution in [1.82, 2.24) is 9.38 Å². The zero-order valence-corrected chi connectivity index (χ0v) is 18.3. The molecule has 2 atom stereocenters. The van der Waals surface area contributed by atoms with Gasteiger partial charge >= 0.3 is 6.18 Å². The average Bonchev–Trinajstić information content (AvgIpc) is 3.20. The van der Waals surface area contributed by atoms with E-state index in [0.29, 0.717) is 29.1 Å². The van der Waals surface area contributed by atoms with Crippen molar-refractivity contribution in [3.05, 3.63) is 48.3 Å². The summed E-state index contributed by atoms with van der Waals surface area (Å²) in [4.78, 5) is 5.12. The zero-order valence-electron chi connectivity index (χ0n) is 17.5. The number of alkyl halides is 3. The van der Waals surface area contributed by atoms with Gasteiger partial charge < -0.3 is 10.5 Å². The Labute approximate surface area is 188 Å². The van der Waals surface area contributed by atoms with Gasteiger partial charge in [0, 0.05) is 16.7 Å². The van der Waals surface area contributed by atoms with E-state index in [1.165, 1.54) is 11.8 Å². The molecule has 0 amide bonds. The Balaban J connectivity index is 1.66. The number of thioether (sulfide) groups is 1. The number of imidazole rings is 1. The van der Waals surface area contributed by atoms with Crippen LogP contribution in [0.5, 0.6) is 5.75 Å². The summed E-state index contributed by atoms with van der Waals surface area (Å²) in [7, 11) is 0. The first-order valence-electron chi connectivity index (χ1n) is 10.3. The number of ether oxygens (including phenoxy) is 1. The number of aromatic nitrogens is 2. The molecule has 1 aromatic carbocycles. The van der Waals surface area contributed by atoms with Crippen LogP contribution in [0.2, 0.25) is 0 Å². The topological polar surface area (TPSA) is 76.3 Å². The van der Waals surface area contributed by atoms with Gasteiger partial charge in [0.05, 0.1) is 23.3 Å². The van der Waals surface area contributed by atoms with Crippen LogP contribution < -0.4 is 10.5 Å². The highest BCUT2D eigenvalue weighted by molar-refractivity contribution is 7.98. The van der Waals surface area contributed by atoms with E-state index in [2.05, 4.69) is 11.1 Å². The van der Waals surface area contributed by atoms with Gasteiger partial charge in [-0.1, -0.05) is 12.5 Å². The smallest absolute Gasteiger partial charge is 0.391 e. The van der Waals surface area contributed by atoms with Crippen molar-refractivity contribution in [2.75, 3.05) is 12.9 Å². The maximum atomic E-state index is 13.3. The second-order valence-electron chi connectivity index (χ2n) is 8.22. The zero-order chi connectivity index (χ0) is 22.9. The van der Waals surface area contributed by atoms with Crippen LogP contribution in [0, 0.1) is 17.2 Å². The van der Waals surface area contributed by atoms with Gasteiger partial charge in [0.15, 0.2) is 0 Å². The van der Waals surface area contributed by atoms with Crippen LogP contribution in [0.4, 0.5) is 13.2 Å². The van der Waals surface area contributed by atoms with Crippen molar-refractivity contribution in [1.29, 1.82) is 5.26 Å². The molecule has 5 nitrogen and oxygen atoms in total. The molecule has 0 spiro atoms. The minimum atomic E-state index is -4.27. The van der Waals surface area contributed by atoms with Crippen LogP contribution >= 0.6 is 11.8 Å². The van der Waals surface area contributed by atoms with Crippen molar-refractivity contribution < 1.29 is 17.9 Å². The first-order chi connectivity index (χ1) is 15.2. The van der Waals surface area contributed by atoms with Gasteiger partial charge in [0.25, 0.3) is 0 Å². The lowest BCUT2D eigenvalue weighted by atomic mass is 9.76. The molecule has 1 aliphatic carbocycles. The molecule has 168 valence electrons. The predicted molar refractivity (Wildman–Crippen MR) is 118 cm³/mol. The molecular weight excluding hydrogens is 437 g/mol. The minimum Gasteiger partial charge on any atom is -0.490 e. The van der Waals surface area contributed by atoms with Crippen molar-refractivity contribution >= 4 is 17.4 Å². The number of nitrogens with zero attached hydrogens (tertiary/aromatic N) is 3. The third-order valence-electron chi connectivity index (χ3n) is 5.97. The fraction of sp³-hybridized carbons (Fsp3) is 0.391. The number of hydrogen-bond donors (Lipinski definition) is 1. The van der Waals surface area contributed by atoms with Gasteiger partial charge in [-0.2, -0.15) is 18.4 Å². The quantitative estimate of drug-likeness (QED) is 0.514. The molecule has 9 heteroatoms. The van der Waals surface area contributed by atoms with E-state index in [1.54, 1.807) is 12.3 Å². The van der Waals surface area contributed by atoms with Gasteiger partial charge in [-0.15, -0.1) is 11.8 Å². The second kappa shape index (κ2) is 8.68. The van der Waals surface area contributed by atoms with E-state index in [4.69, 9.17) is 10.5 Å². The fourth-order valence-corrected chi connectivity index (χ4v) is 4.89. The molecule has 2 aromatic heterocycles. The van der Waals surface area contributed by atoms with Gasteiger partial charge in [-0.25, -0.2) is 4.98 Å². The van der Waals surface area contributed by atoms with Gasteiger partial charge in [0.2, 0.25) is 0 Å². The second-order valence-corrected chi connectivity index (χ2v) is 9.07. The molecular formula is C23H23F3N4OS. The molecule has 1 saturated carbocycles. The Morgan fingerprint density at radius 1 is 1.38 bits per heavy atom. The Morgan fingerprint density at radius 2 is 2.19 bits per heavy atom. The summed E-state index contributed by atoms with van der Waals surface area (Å²) in [6, 6.07) is 11.5. The summed E-state index contributed by atoms with van der Waals surface area (Å²) in [5.74, 6) is -1.11. The first kappa shape index (κ1) is 22.5. The fourth-order valence-electron chi connectivity index (χ4n) is 4.30. The van der Waals surface area contributed by atoms with Crippen LogP contribution in [-0.4, -0.2) is 34.0 Å². The maximum absolute atomic E-state index is 13.3. The predicted octanol–water partition coefficient (Wildman–Crippen LogP) is 5.42. The monoisotopic (exact) mass is 460 g/mol. The Hall–Kier alpha value is -2.70. The summed E-state index contributed by atoms with van der Waals surface area (Å²) >= 11 is 1.40. The number of nitrogens with two attached hydrogens (primary N) is 1. The highest BCUT2D eigenvalue weighted by Crippen LogP contribution is 2.42. The third kappa shape index (κ3) is 4.43. The number of pyridine rings is 1. The molecule has 4 rings (SSSR count). The highest BCUT2D eigenvalue weighted by atomic mass is 32.2. The van der Waals surface area contributed by atoms with Crippen molar-refractivity contribution in [2.24, 2.45) is 11.7 Å². The molecule has 0 bridgehead atoms. The lowest BCUT2D eigenvalue weighted by molar-refractivity contribution is -0.188. The first-order valence-corrected chi connectivity index (χ1v) is 11.5. The van der Waals surface area contributed by atoms with Gasteiger partial charge in [-0.3, -0.25) is 4.40 Å². The van der Waals surface area contributed by atoms with E-state index in [-0.39, 0.29) is 19.4 Å². The van der Waals surface area contributed by atoms with E-state index in [9.17, 15) is 18.4 Å². The van der Waals surface area contributed by atoms with Gasteiger partial charge in [0.1, 0.15) is 29.6 Å². The van der Waals surface area contributed by atoms with E-state index in [0.717, 1.165) is 16.9 Å². The van der Waals surface area contributed by atoms with E-state index >= 15 is 0 Å². The summed E-state index contributed by atoms with van der Waals surface area (Å²) in [6.07, 6.45) is 1.98. The lowest BCUT2D eigenvalue weighted by Gasteiger charge is -2.38. The van der Waals surface area contributed by atoms with Crippen LogP contribution in [0.15, 0.2) is 47.6 Å². The molecule has 0 radical (unpaired) electrons. The molecule has 1 fully saturated rings. The normalized spacial score (nSPS) is 21.4. The molecule has 2 N–H and O–H groups in total. The molecule has 32 heavy (non-hydrogen) atoms. The third-order valence-corrected chi connectivity index (χ3v) is 6.73. The molecule has 3 aromatic rings. The minimum absolute atomic E-state index is 0.0846. The van der Waals surface area contributed by atoms with Crippen molar-refractivity contribution in [3.8, 4) is 23.1 Å². The summed E-state index contributed by atoms with van der Waals surface area (Å²) in [6.45, 7) is -0.0846. The number of benzene rings is 1. The molecule has 0 aliphatic heterocycles. The Kier molecular flexibility index (Phi) is 6.10. The maximum Gasteiger partial charge on any atom is 0.391 e. The summed E-state index contributed by atoms with van der Waals surface area (Å²) in [5, 5.41) is 9.73. The Bertz CT molecular complexity index is 1170. The number of halogens is 3. The summed E-state index contributed by atoms with van der Waals surface area (Å²) in [5.41, 5.74) is 7.99. The number of fused-ring (bicyclic) bond motifs is 1. The van der Waals surface area contributed by atoms with E-state index < -0.39 is 17.6 Å². The largest absolute Gasteiger partial charge is 0.490 e. The standard InChI is InChI=1S/C23H23F3N4OS/c1-32-20-10-15(18-13-29-21-6-2-3-8-30(18)21)9-19(17(20)12-27)31-14-22(28)7-4-5-16(11-22)23(24,25)26/h2-3,6,8-10,13,16H,4-5,7,11,14,28H2,1H3/t16-,22-/m0/s1. The van der Waals surface area contributed by atoms with Crippen LogP contribution in [-0.2, 0) is 0 Å². The molecule has 0 unspecified atom stereocenters. The number of rotatable bonds is 5. The molecule has 1 aliphatic rings. The van der Waals surface area contributed by atoms with Gasteiger partial charge in [-0.05, 0) is 49.8 Å².